The van der Waals surface area contributed by atoms with E-state index >= 15 is 0 Å². The van der Waals surface area contributed by atoms with Crippen molar-refractivity contribution in [3.63, 3.8) is 0 Å². The summed E-state index contributed by atoms with van der Waals surface area (Å²) >= 11 is 0. The number of nitrogens with one attached hydrogen (secondary N) is 3. The van der Waals surface area contributed by atoms with Crippen molar-refractivity contribution in [1.82, 2.24) is 20.6 Å². The molecule has 1 aromatic heterocycles. The van der Waals surface area contributed by atoms with E-state index in [9.17, 15) is 9.59 Å². The zero-order chi connectivity index (χ0) is 19.2. The van der Waals surface area contributed by atoms with E-state index in [-0.39, 0.29) is 18.4 Å². The van der Waals surface area contributed by atoms with Crippen molar-refractivity contribution in [3.8, 4) is 0 Å². The summed E-state index contributed by atoms with van der Waals surface area (Å²) in [7, 11) is 0. The Bertz CT molecular complexity index is 929. The molecule has 0 aliphatic rings. The molecule has 0 saturated carbocycles. The zero-order valence-corrected chi connectivity index (χ0v) is 15.6. The first-order valence-corrected chi connectivity index (χ1v) is 9.09. The topological polar surface area (TPSA) is 86.9 Å². The van der Waals surface area contributed by atoms with Gasteiger partial charge in [0.1, 0.15) is 5.82 Å². The maximum atomic E-state index is 12.1. The predicted octanol–water partition coefficient (Wildman–Crippen LogP) is 2.66. The van der Waals surface area contributed by atoms with Crippen LogP contribution in [-0.2, 0) is 11.2 Å². The Labute approximate surface area is 158 Å². The molecule has 0 aliphatic carbocycles. The van der Waals surface area contributed by atoms with Crippen molar-refractivity contribution in [2.75, 3.05) is 13.1 Å². The number of H-pyrrole nitrogens is 1. The minimum absolute atomic E-state index is 0.0314. The molecule has 140 valence electrons. The SMILES string of the molecule is Cc1ccc(C(=O)NCC(=O)NCCCc2nc3ccccc3[nH]2)cc1C. The van der Waals surface area contributed by atoms with E-state index in [1.165, 1.54) is 0 Å². The predicted molar refractivity (Wildman–Crippen MR) is 106 cm³/mol. The van der Waals surface area contributed by atoms with Gasteiger partial charge in [-0.15, -0.1) is 0 Å². The van der Waals surface area contributed by atoms with E-state index in [0.717, 1.165) is 40.8 Å². The minimum atomic E-state index is -0.240. The summed E-state index contributed by atoms with van der Waals surface area (Å²) in [6.07, 6.45) is 1.53. The maximum Gasteiger partial charge on any atom is 0.251 e. The largest absolute Gasteiger partial charge is 0.355 e. The Kier molecular flexibility index (Phi) is 5.86. The normalized spacial score (nSPS) is 10.7. The maximum absolute atomic E-state index is 12.1. The highest BCUT2D eigenvalue weighted by atomic mass is 16.2. The first kappa shape index (κ1) is 18.6. The van der Waals surface area contributed by atoms with E-state index < -0.39 is 0 Å². The lowest BCUT2D eigenvalue weighted by molar-refractivity contribution is -0.120. The summed E-state index contributed by atoms with van der Waals surface area (Å²) in [6.45, 7) is 4.46. The van der Waals surface area contributed by atoms with Crippen LogP contribution in [0.4, 0.5) is 0 Å². The highest BCUT2D eigenvalue weighted by molar-refractivity contribution is 5.96. The molecule has 0 aliphatic heterocycles. The van der Waals surface area contributed by atoms with E-state index in [0.29, 0.717) is 12.1 Å². The minimum Gasteiger partial charge on any atom is -0.355 e. The highest BCUT2D eigenvalue weighted by Gasteiger charge is 2.09. The highest BCUT2D eigenvalue weighted by Crippen LogP contribution is 2.11. The third-order valence-electron chi connectivity index (χ3n) is 4.53. The molecule has 3 N–H and O–H groups in total. The lowest BCUT2D eigenvalue weighted by Gasteiger charge is -2.08. The average molecular weight is 364 g/mol. The molecule has 0 bridgehead atoms. The fraction of sp³-hybridized carbons (Fsp3) is 0.286. The quantitative estimate of drug-likeness (QED) is 0.563. The molecule has 1 heterocycles. The van der Waals surface area contributed by atoms with Crippen LogP contribution in [-0.4, -0.2) is 34.9 Å². The number of aromatic nitrogens is 2. The van der Waals surface area contributed by atoms with Crippen molar-refractivity contribution >= 4 is 22.8 Å². The Hall–Kier alpha value is -3.15. The summed E-state index contributed by atoms with van der Waals surface area (Å²) in [6, 6.07) is 13.4. The molecule has 6 heteroatoms. The summed E-state index contributed by atoms with van der Waals surface area (Å²) in [5.41, 5.74) is 4.72. The van der Waals surface area contributed by atoms with Crippen LogP contribution in [0.25, 0.3) is 11.0 Å². The molecule has 2 aromatic carbocycles. The van der Waals surface area contributed by atoms with Gasteiger partial charge in [-0.2, -0.15) is 0 Å². The number of hydrogen-bond acceptors (Lipinski definition) is 3. The fourth-order valence-electron chi connectivity index (χ4n) is 2.82. The molecule has 2 amide bonds. The van der Waals surface area contributed by atoms with Crippen LogP contribution in [0.1, 0.15) is 33.7 Å². The van der Waals surface area contributed by atoms with Crippen molar-refractivity contribution in [2.45, 2.75) is 26.7 Å². The number of rotatable bonds is 7. The number of nitrogens with zero attached hydrogens (tertiary/aromatic N) is 1. The molecule has 0 fully saturated rings. The lowest BCUT2D eigenvalue weighted by Crippen LogP contribution is -2.37. The van der Waals surface area contributed by atoms with Gasteiger partial charge in [-0.25, -0.2) is 4.98 Å². The molecule has 0 radical (unpaired) electrons. The number of carbonyl (C=O) groups is 2. The number of hydrogen-bond donors (Lipinski definition) is 3. The molecule has 3 rings (SSSR count). The van der Waals surface area contributed by atoms with Crippen LogP contribution in [0.2, 0.25) is 0 Å². The van der Waals surface area contributed by atoms with E-state index in [1.54, 1.807) is 6.07 Å². The van der Waals surface area contributed by atoms with Gasteiger partial charge in [0, 0.05) is 18.5 Å². The van der Waals surface area contributed by atoms with Gasteiger partial charge in [0.2, 0.25) is 5.91 Å². The number of carbonyl (C=O) groups excluding carboxylic acids is 2. The van der Waals surface area contributed by atoms with Crippen LogP contribution in [0.3, 0.4) is 0 Å². The molecule has 0 unspecified atom stereocenters. The van der Waals surface area contributed by atoms with E-state index in [2.05, 4.69) is 20.6 Å². The Morgan fingerprint density at radius 3 is 2.63 bits per heavy atom. The molecular weight excluding hydrogens is 340 g/mol. The average Bonchev–Trinajstić information content (AvgIpc) is 3.08. The molecule has 6 nitrogen and oxygen atoms in total. The smallest absolute Gasteiger partial charge is 0.251 e. The number of amides is 2. The number of fused-ring (bicyclic) bond motifs is 1. The van der Waals surface area contributed by atoms with Gasteiger partial charge in [-0.05, 0) is 55.7 Å². The van der Waals surface area contributed by atoms with Crippen LogP contribution < -0.4 is 10.6 Å². The third-order valence-corrected chi connectivity index (χ3v) is 4.53. The lowest BCUT2D eigenvalue weighted by atomic mass is 10.1. The second-order valence-electron chi connectivity index (χ2n) is 6.64. The second kappa shape index (κ2) is 8.49. The molecule has 0 atom stereocenters. The van der Waals surface area contributed by atoms with Crippen LogP contribution >= 0.6 is 0 Å². The Balaban J connectivity index is 1.38. The van der Waals surface area contributed by atoms with E-state index in [1.807, 2.05) is 50.2 Å². The van der Waals surface area contributed by atoms with Crippen molar-refractivity contribution in [2.24, 2.45) is 0 Å². The van der Waals surface area contributed by atoms with Gasteiger partial charge < -0.3 is 15.6 Å². The summed E-state index contributed by atoms with van der Waals surface area (Å²) in [4.78, 5) is 31.8. The fourth-order valence-corrected chi connectivity index (χ4v) is 2.82. The summed E-state index contributed by atoms with van der Waals surface area (Å²) < 4.78 is 0. The standard InChI is InChI=1S/C21H24N4O2/c1-14-9-10-16(12-15(14)2)21(27)23-13-20(26)22-11-5-8-19-24-17-6-3-4-7-18(17)25-19/h3-4,6-7,9-10,12H,5,8,11,13H2,1-2H3,(H,22,26)(H,23,27)(H,24,25). The molecule has 3 aromatic rings. The van der Waals surface area contributed by atoms with Crippen molar-refractivity contribution < 1.29 is 9.59 Å². The summed E-state index contributed by atoms with van der Waals surface area (Å²) in [5.74, 6) is 0.473. The molecule has 0 spiro atoms. The number of aromatic amines is 1. The molecule has 0 saturated heterocycles. The second-order valence-corrected chi connectivity index (χ2v) is 6.64. The Morgan fingerprint density at radius 2 is 1.85 bits per heavy atom. The van der Waals surface area contributed by atoms with Crippen LogP contribution in [0, 0.1) is 13.8 Å². The number of benzene rings is 2. The van der Waals surface area contributed by atoms with Crippen LogP contribution in [0.5, 0.6) is 0 Å². The first-order valence-electron chi connectivity index (χ1n) is 9.09. The van der Waals surface area contributed by atoms with Gasteiger partial charge in [-0.3, -0.25) is 9.59 Å². The van der Waals surface area contributed by atoms with Gasteiger partial charge in [0.25, 0.3) is 5.91 Å². The first-order chi connectivity index (χ1) is 13.0. The number of imidazole rings is 1. The molecule has 27 heavy (non-hydrogen) atoms. The monoisotopic (exact) mass is 364 g/mol. The van der Waals surface area contributed by atoms with Crippen molar-refractivity contribution in [3.05, 3.63) is 65.0 Å². The Morgan fingerprint density at radius 1 is 1.04 bits per heavy atom. The summed E-state index contributed by atoms with van der Waals surface area (Å²) in [5, 5.41) is 5.47. The van der Waals surface area contributed by atoms with Gasteiger partial charge >= 0.3 is 0 Å². The molecular formula is C21H24N4O2. The number of aryl methyl sites for hydroxylation is 3. The van der Waals surface area contributed by atoms with Gasteiger partial charge in [-0.1, -0.05) is 18.2 Å². The zero-order valence-electron chi connectivity index (χ0n) is 15.6. The van der Waals surface area contributed by atoms with E-state index in [4.69, 9.17) is 0 Å². The van der Waals surface area contributed by atoms with Crippen molar-refractivity contribution in [1.29, 1.82) is 0 Å². The number of para-hydroxylation sites is 2. The van der Waals surface area contributed by atoms with Crippen LogP contribution in [0.15, 0.2) is 42.5 Å². The van der Waals surface area contributed by atoms with Gasteiger partial charge in [0.15, 0.2) is 0 Å². The van der Waals surface area contributed by atoms with Gasteiger partial charge in [0.05, 0.1) is 17.6 Å². The third kappa shape index (κ3) is 4.94.